The van der Waals surface area contributed by atoms with E-state index in [9.17, 15) is 14.7 Å². The minimum atomic E-state index is -1.37. The Morgan fingerprint density at radius 3 is 2.09 bits per heavy atom. The van der Waals surface area contributed by atoms with E-state index in [-0.39, 0.29) is 18.0 Å². The number of nitrogens with zero attached hydrogens (tertiary/aromatic N) is 1. The molecule has 0 aromatic heterocycles. The number of hydrogen-bond donors (Lipinski definition) is 2. The zero-order valence-electron chi connectivity index (χ0n) is 14.6. The molecule has 0 aliphatic carbocycles. The molecule has 22 heavy (non-hydrogen) atoms. The van der Waals surface area contributed by atoms with Gasteiger partial charge in [0.2, 0.25) is 0 Å². The smallest absolute Gasteiger partial charge is 0.410 e. The number of hydrogen-bond acceptors (Lipinski definition) is 4. The number of nitrogens with one attached hydrogen (secondary N) is 1. The van der Waals surface area contributed by atoms with Crippen LogP contribution in [0.2, 0.25) is 0 Å². The predicted octanol–water partition coefficient (Wildman–Crippen LogP) is 1.91. The van der Waals surface area contributed by atoms with E-state index in [4.69, 9.17) is 4.74 Å². The van der Waals surface area contributed by atoms with E-state index in [1.807, 2.05) is 27.7 Å². The summed E-state index contributed by atoms with van der Waals surface area (Å²) < 4.78 is 5.37. The van der Waals surface area contributed by atoms with Crippen LogP contribution < -0.4 is 5.32 Å². The Morgan fingerprint density at radius 2 is 1.68 bits per heavy atom. The summed E-state index contributed by atoms with van der Waals surface area (Å²) in [5.74, 6) is -0.0699. The van der Waals surface area contributed by atoms with Crippen molar-refractivity contribution >= 4 is 12.0 Å². The van der Waals surface area contributed by atoms with Gasteiger partial charge >= 0.3 is 6.09 Å². The van der Waals surface area contributed by atoms with Crippen molar-refractivity contribution in [1.29, 1.82) is 0 Å². The lowest BCUT2D eigenvalue weighted by Crippen LogP contribution is -2.50. The first-order valence-corrected chi connectivity index (χ1v) is 7.91. The van der Waals surface area contributed by atoms with Gasteiger partial charge in [-0.1, -0.05) is 0 Å². The summed E-state index contributed by atoms with van der Waals surface area (Å²) in [5, 5.41) is 12.5. The van der Waals surface area contributed by atoms with Gasteiger partial charge in [-0.2, -0.15) is 0 Å². The fourth-order valence-corrected chi connectivity index (χ4v) is 2.41. The van der Waals surface area contributed by atoms with E-state index < -0.39 is 11.2 Å². The highest BCUT2D eigenvalue weighted by Gasteiger charge is 2.31. The molecule has 0 spiro atoms. The number of aliphatic hydroxyl groups is 1. The van der Waals surface area contributed by atoms with Gasteiger partial charge in [-0.25, -0.2) is 4.79 Å². The summed E-state index contributed by atoms with van der Waals surface area (Å²) in [6.07, 6.45) is 1.35. The van der Waals surface area contributed by atoms with Gasteiger partial charge < -0.3 is 20.1 Å². The predicted molar refractivity (Wildman–Crippen MR) is 84.4 cm³/mol. The Bertz CT molecular complexity index is 401. The first kappa shape index (κ1) is 18.7. The van der Waals surface area contributed by atoms with E-state index >= 15 is 0 Å². The van der Waals surface area contributed by atoms with Crippen LogP contribution in [0.1, 0.15) is 54.4 Å². The number of carbonyl (C=O) groups excluding carboxylic acids is 2. The zero-order chi connectivity index (χ0) is 17.1. The van der Waals surface area contributed by atoms with Crippen LogP contribution >= 0.6 is 0 Å². The molecule has 0 aromatic rings. The lowest BCUT2D eigenvalue weighted by atomic mass is 9.90. The molecule has 2 amide bonds. The van der Waals surface area contributed by atoms with Crippen LogP contribution in [0.3, 0.4) is 0 Å². The van der Waals surface area contributed by atoms with Crippen molar-refractivity contribution in [3.63, 3.8) is 0 Å². The van der Waals surface area contributed by atoms with Crippen molar-refractivity contribution in [2.75, 3.05) is 13.1 Å². The van der Waals surface area contributed by atoms with Gasteiger partial charge in [-0.05, 0) is 60.3 Å². The molecule has 1 aliphatic rings. The molecule has 1 rings (SSSR count). The number of carbonyl (C=O) groups is 2. The quantitative estimate of drug-likeness (QED) is 0.834. The van der Waals surface area contributed by atoms with Gasteiger partial charge in [0.15, 0.2) is 0 Å². The maximum absolute atomic E-state index is 12.0. The van der Waals surface area contributed by atoms with Crippen molar-refractivity contribution in [3.05, 3.63) is 0 Å². The van der Waals surface area contributed by atoms with Gasteiger partial charge in [0.25, 0.3) is 5.91 Å². The third kappa shape index (κ3) is 5.83. The molecular formula is C16H30N2O4. The van der Waals surface area contributed by atoms with Crippen molar-refractivity contribution < 1.29 is 19.4 Å². The standard InChI is InChI=1S/C16H30N2O4/c1-11(17-13(19)16(5,6)21)12-7-9-18(10-8-12)14(20)22-15(2,3)4/h11-12,21H,7-10H2,1-6H3,(H,17,19). The minimum Gasteiger partial charge on any atom is -0.444 e. The Labute approximate surface area is 133 Å². The highest BCUT2D eigenvalue weighted by molar-refractivity contribution is 5.84. The Hall–Kier alpha value is -1.30. The van der Waals surface area contributed by atoms with E-state index in [0.717, 1.165) is 12.8 Å². The number of rotatable bonds is 3. The molecule has 2 N–H and O–H groups in total. The zero-order valence-corrected chi connectivity index (χ0v) is 14.6. The van der Waals surface area contributed by atoms with Crippen LogP contribution in [0.5, 0.6) is 0 Å². The summed E-state index contributed by atoms with van der Waals surface area (Å²) >= 11 is 0. The minimum absolute atomic E-state index is 0.0280. The maximum Gasteiger partial charge on any atom is 0.410 e. The molecule has 1 fully saturated rings. The molecule has 1 saturated heterocycles. The molecule has 6 nitrogen and oxygen atoms in total. The first-order valence-electron chi connectivity index (χ1n) is 7.91. The number of ether oxygens (including phenoxy) is 1. The van der Waals surface area contributed by atoms with Crippen LogP contribution in [0, 0.1) is 5.92 Å². The Kier molecular flexibility index (Phi) is 5.84. The van der Waals surface area contributed by atoms with Crippen LogP contribution in [-0.4, -0.2) is 52.3 Å². The molecule has 128 valence electrons. The highest BCUT2D eigenvalue weighted by Crippen LogP contribution is 2.22. The van der Waals surface area contributed by atoms with Gasteiger partial charge in [-0.3, -0.25) is 4.79 Å². The van der Waals surface area contributed by atoms with Gasteiger partial charge in [0, 0.05) is 19.1 Å². The van der Waals surface area contributed by atoms with Gasteiger partial charge in [0.1, 0.15) is 11.2 Å². The average Bonchev–Trinajstić information content (AvgIpc) is 2.35. The van der Waals surface area contributed by atoms with E-state index in [1.54, 1.807) is 4.90 Å². The summed E-state index contributed by atoms with van der Waals surface area (Å²) in [4.78, 5) is 25.5. The topological polar surface area (TPSA) is 78.9 Å². The monoisotopic (exact) mass is 314 g/mol. The third-order valence-corrected chi connectivity index (χ3v) is 3.81. The Morgan fingerprint density at radius 1 is 1.18 bits per heavy atom. The second kappa shape index (κ2) is 6.86. The van der Waals surface area contributed by atoms with Gasteiger partial charge in [-0.15, -0.1) is 0 Å². The normalized spacial score (nSPS) is 18.8. The number of piperidine rings is 1. The van der Waals surface area contributed by atoms with E-state index in [1.165, 1.54) is 13.8 Å². The van der Waals surface area contributed by atoms with Crippen LogP contribution in [0.25, 0.3) is 0 Å². The van der Waals surface area contributed by atoms with Crippen molar-refractivity contribution in [1.82, 2.24) is 10.2 Å². The maximum atomic E-state index is 12.0. The second-order valence-corrected chi connectivity index (χ2v) is 7.63. The van der Waals surface area contributed by atoms with Crippen LogP contribution in [0.15, 0.2) is 0 Å². The Balaban J connectivity index is 2.45. The first-order chi connectivity index (χ1) is 9.90. The molecular weight excluding hydrogens is 284 g/mol. The SMILES string of the molecule is CC(NC(=O)C(C)(C)O)C1CCN(C(=O)OC(C)(C)C)CC1. The van der Waals surface area contributed by atoms with E-state index in [2.05, 4.69) is 5.32 Å². The van der Waals surface area contributed by atoms with Gasteiger partial charge in [0.05, 0.1) is 0 Å². The summed E-state index contributed by atoms with van der Waals surface area (Å²) in [6.45, 7) is 11.7. The van der Waals surface area contributed by atoms with Crippen molar-refractivity contribution in [3.8, 4) is 0 Å². The summed E-state index contributed by atoms with van der Waals surface area (Å²) in [5.41, 5.74) is -1.85. The lowest BCUT2D eigenvalue weighted by Gasteiger charge is -2.36. The number of amides is 2. The lowest BCUT2D eigenvalue weighted by molar-refractivity contribution is -0.137. The highest BCUT2D eigenvalue weighted by atomic mass is 16.6. The molecule has 1 unspecified atom stereocenters. The fraction of sp³-hybridized carbons (Fsp3) is 0.875. The van der Waals surface area contributed by atoms with Crippen LogP contribution in [0.4, 0.5) is 4.79 Å². The molecule has 1 atom stereocenters. The average molecular weight is 314 g/mol. The molecule has 6 heteroatoms. The molecule has 0 bridgehead atoms. The second-order valence-electron chi connectivity index (χ2n) is 7.63. The molecule has 0 radical (unpaired) electrons. The van der Waals surface area contributed by atoms with Crippen molar-refractivity contribution in [2.24, 2.45) is 5.92 Å². The fourth-order valence-electron chi connectivity index (χ4n) is 2.41. The number of likely N-dealkylation sites (tertiary alicyclic amines) is 1. The molecule has 0 aromatic carbocycles. The van der Waals surface area contributed by atoms with Crippen LogP contribution in [-0.2, 0) is 9.53 Å². The summed E-state index contributed by atoms with van der Waals surface area (Å²) in [6, 6.07) is -0.0280. The summed E-state index contributed by atoms with van der Waals surface area (Å²) in [7, 11) is 0. The molecule has 1 aliphatic heterocycles. The molecule has 0 saturated carbocycles. The largest absolute Gasteiger partial charge is 0.444 e. The third-order valence-electron chi connectivity index (χ3n) is 3.81. The van der Waals surface area contributed by atoms with E-state index in [0.29, 0.717) is 19.0 Å². The van der Waals surface area contributed by atoms with Crippen molar-refractivity contribution in [2.45, 2.75) is 71.6 Å². The molecule has 1 heterocycles.